The molecule has 30 heavy (non-hydrogen) atoms. The van der Waals surface area contributed by atoms with Crippen LogP contribution in [0.2, 0.25) is 0 Å². The van der Waals surface area contributed by atoms with Crippen molar-refractivity contribution in [1.82, 2.24) is 0 Å². The van der Waals surface area contributed by atoms with Crippen molar-refractivity contribution in [3.8, 4) is 23.7 Å². The molecule has 0 saturated heterocycles. The first kappa shape index (κ1) is 21.9. The van der Waals surface area contributed by atoms with Crippen LogP contribution in [0.4, 0.5) is 14.5 Å². The summed E-state index contributed by atoms with van der Waals surface area (Å²) in [4.78, 5) is 0. The number of unbranched alkanes of at least 4 members (excludes halogenated alkanes) is 2. The molecule has 1 fully saturated rings. The summed E-state index contributed by atoms with van der Waals surface area (Å²) in [5.41, 5.74) is 6.79. The van der Waals surface area contributed by atoms with Gasteiger partial charge in [-0.3, -0.25) is 0 Å². The molecule has 0 spiro atoms. The first-order valence-corrected chi connectivity index (χ1v) is 10.9. The minimum absolute atomic E-state index is 0.258. The Bertz CT molecular complexity index is 939. The Hall–Kier alpha value is -2.78. The van der Waals surface area contributed by atoms with Gasteiger partial charge in [0.2, 0.25) is 0 Å². The van der Waals surface area contributed by atoms with Crippen molar-refractivity contribution in [2.75, 3.05) is 5.73 Å². The molecule has 2 aromatic rings. The highest BCUT2D eigenvalue weighted by atomic mass is 19.1. The number of benzene rings is 2. The largest absolute Gasteiger partial charge is 0.394 e. The van der Waals surface area contributed by atoms with E-state index in [0.29, 0.717) is 5.92 Å². The summed E-state index contributed by atoms with van der Waals surface area (Å²) in [5.74, 6) is 12.2. The molecular formula is C27H29F2N. The van der Waals surface area contributed by atoms with Gasteiger partial charge in [0, 0.05) is 22.6 Å². The molecule has 0 atom stereocenters. The van der Waals surface area contributed by atoms with E-state index in [1.54, 1.807) is 0 Å². The molecule has 2 aromatic carbocycles. The van der Waals surface area contributed by atoms with Crippen LogP contribution in [-0.2, 0) is 0 Å². The first-order chi connectivity index (χ1) is 14.5. The van der Waals surface area contributed by atoms with E-state index in [1.807, 2.05) is 24.3 Å². The van der Waals surface area contributed by atoms with Crippen LogP contribution < -0.4 is 5.73 Å². The van der Waals surface area contributed by atoms with E-state index in [2.05, 4.69) is 30.6 Å². The zero-order valence-corrected chi connectivity index (χ0v) is 17.6. The fraction of sp³-hybridized carbons (Fsp3) is 0.407. The third-order valence-corrected chi connectivity index (χ3v) is 5.80. The quantitative estimate of drug-likeness (QED) is 0.342. The lowest BCUT2D eigenvalue weighted by Crippen LogP contribution is -2.13. The minimum Gasteiger partial charge on any atom is -0.394 e. The summed E-state index contributed by atoms with van der Waals surface area (Å²) in [5, 5.41) is 0. The van der Waals surface area contributed by atoms with Gasteiger partial charge in [-0.15, -0.1) is 0 Å². The van der Waals surface area contributed by atoms with Crippen molar-refractivity contribution in [1.29, 1.82) is 0 Å². The SMILES string of the molecule is CCCCCC1CCC(C#Cc2ccc(C#Cc3cc(F)c(N)c(F)c3)cc2)CC1. The Balaban J connectivity index is 1.54. The van der Waals surface area contributed by atoms with Crippen LogP contribution in [0.5, 0.6) is 0 Å². The second-order valence-electron chi connectivity index (χ2n) is 8.16. The number of halogens is 2. The van der Waals surface area contributed by atoms with E-state index in [9.17, 15) is 8.78 Å². The standard InChI is InChI=1S/C27H29F2N/c1-2-3-4-5-20-6-8-21(9-7-20)10-11-22-12-14-23(15-13-22)16-17-24-18-25(28)27(30)26(29)19-24/h12-15,18-21H,2-9,30H2,1H3. The topological polar surface area (TPSA) is 26.0 Å². The summed E-state index contributed by atoms with van der Waals surface area (Å²) in [6.07, 6.45) is 10.4. The van der Waals surface area contributed by atoms with Crippen LogP contribution in [0, 0.1) is 47.2 Å². The van der Waals surface area contributed by atoms with Crippen LogP contribution in [0.3, 0.4) is 0 Å². The molecule has 156 valence electrons. The van der Waals surface area contributed by atoms with Crippen LogP contribution in [0.1, 0.15) is 75.0 Å². The van der Waals surface area contributed by atoms with Gasteiger partial charge in [0.1, 0.15) is 17.3 Å². The zero-order valence-electron chi connectivity index (χ0n) is 17.6. The molecule has 0 aromatic heterocycles. The highest BCUT2D eigenvalue weighted by molar-refractivity contribution is 5.50. The lowest BCUT2D eigenvalue weighted by Gasteiger charge is -2.25. The molecule has 1 aliphatic rings. The third kappa shape index (κ3) is 6.36. The summed E-state index contributed by atoms with van der Waals surface area (Å²) in [6, 6.07) is 9.93. The number of hydrogen-bond donors (Lipinski definition) is 1. The number of nitrogen functional groups attached to an aromatic ring is 1. The Morgan fingerprint density at radius 2 is 1.40 bits per heavy atom. The lowest BCUT2D eigenvalue weighted by molar-refractivity contribution is 0.294. The van der Waals surface area contributed by atoms with Gasteiger partial charge in [0.15, 0.2) is 0 Å². The van der Waals surface area contributed by atoms with Gasteiger partial charge in [0.25, 0.3) is 0 Å². The van der Waals surface area contributed by atoms with Crippen LogP contribution in [0.15, 0.2) is 36.4 Å². The maximum Gasteiger partial charge on any atom is 0.150 e. The van der Waals surface area contributed by atoms with E-state index in [0.717, 1.165) is 29.2 Å². The highest BCUT2D eigenvalue weighted by Gasteiger charge is 2.19. The molecule has 1 saturated carbocycles. The normalized spacial score (nSPS) is 18.1. The number of rotatable bonds is 4. The Kier molecular flexibility index (Phi) is 7.92. The molecular weight excluding hydrogens is 376 g/mol. The molecule has 0 bridgehead atoms. The summed E-state index contributed by atoms with van der Waals surface area (Å²) in [7, 11) is 0. The van der Waals surface area contributed by atoms with Gasteiger partial charge >= 0.3 is 0 Å². The zero-order chi connectivity index (χ0) is 21.3. The molecule has 0 heterocycles. The van der Waals surface area contributed by atoms with Crippen LogP contribution in [0.25, 0.3) is 0 Å². The Morgan fingerprint density at radius 3 is 2.00 bits per heavy atom. The molecule has 0 radical (unpaired) electrons. The number of hydrogen-bond acceptors (Lipinski definition) is 1. The second-order valence-corrected chi connectivity index (χ2v) is 8.16. The van der Waals surface area contributed by atoms with Crippen LogP contribution >= 0.6 is 0 Å². The predicted octanol–water partition coefficient (Wildman–Crippen LogP) is 6.69. The minimum atomic E-state index is -0.792. The average molecular weight is 406 g/mol. The second kappa shape index (κ2) is 10.8. The summed E-state index contributed by atoms with van der Waals surface area (Å²) < 4.78 is 27.0. The van der Waals surface area contributed by atoms with E-state index in [-0.39, 0.29) is 5.56 Å². The monoisotopic (exact) mass is 405 g/mol. The summed E-state index contributed by atoms with van der Waals surface area (Å²) in [6.45, 7) is 2.26. The Labute approximate surface area is 179 Å². The van der Waals surface area contributed by atoms with Crippen LogP contribution in [-0.4, -0.2) is 0 Å². The van der Waals surface area contributed by atoms with Gasteiger partial charge in [-0.1, -0.05) is 56.3 Å². The maximum atomic E-state index is 13.5. The van der Waals surface area contributed by atoms with Crippen molar-refractivity contribution in [2.45, 2.75) is 58.3 Å². The van der Waals surface area contributed by atoms with E-state index in [1.165, 1.54) is 51.4 Å². The molecule has 1 nitrogen and oxygen atoms in total. The number of nitrogens with two attached hydrogens (primary N) is 1. The summed E-state index contributed by atoms with van der Waals surface area (Å²) >= 11 is 0. The molecule has 3 rings (SSSR count). The fourth-order valence-corrected chi connectivity index (χ4v) is 3.90. The average Bonchev–Trinajstić information content (AvgIpc) is 2.76. The highest BCUT2D eigenvalue weighted by Crippen LogP contribution is 2.31. The maximum absolute atomic E-state index is 13.5. The predicted molar refractivity (Wildman–Crippen MR) is 120 cm³/mol. The molecule has 0 aliphatic heterocycles. The van der Waals surface area contributed by atoms with Gasteiger partial charge in [-0.25, -0.2) is 8.78 Å². The van der Waals surface area contributed by atoms with Gasteiger partial charge in [0.05, 0.1) is 0 Å². The van der Waals surface area contributed by atoms with Crippen molar-refractivity contribution >= 4 is 5.69 Å². The first-order valence-electron chi connectivity index (χ1n) is 10.9. The van der Waals surface area contributed by atoms with E-state index < -0.39 is 17.3 Å². The smallest absolute Gasteiger partial charge is 0.150 e. The van der Waals surface area contributed by atoms with E-state index >= 15 is 0 Å². The Morgan fingerprint density at radius 1 is 0.833 bits per heavy atom. The van der Waals surface area contributed by atoms with Crippen molar-refractivity contribution in [2.24, 2.45) is 11.8 Å². The molecule has 0 unspecified atom stereocenters. The third-order valence-electron chi connectivity index (χ3n) is 5.80. The van der Waals surface area contributed by atoms with E-state index in [4.69, 9.17) is 5.73 Å². The molecule has 1 aliphatic carbocycles. The fourth-order valence-electron chi connectivity index (χ4n) is 3.90. The number of anilines is 1. The van der Waals surface area contributed by atoms with Crippen molar-refractivity contribution in [3.63, 3.8) is 0 Å². The molecule has 3 heteroatoms. The van der Waals surface area contributed by atoms with Crippen molar-refractivity contribution < 1.29 is 8.78 Å². The van der Waals surface area contributed by atoms with Gasteiger partial charge < -0.3 is 5.73 Å². The van der Waals surface area contributed by atoms with Gasteiger partial charge in [-0.05, 0) is 68.0 Å². The van der Waals surface area contributed by atoms with Crippen molar-refractivity contribution in [3.05, 3.63) is 64.7 Å². The molecule has 0 amide bonds. The molecule has 2 N–H and O–H groups in total. The lowest BCUT2D eigenvalue weighted by atomic mass is 9.80. The van der Waals surface area contributed by atoms with Gasteiger partial charge in [-0.2, -0.15) is 0 Å².